The Morgan fingerprint density at radius 3 is 1.62 bits per heavy atom. The Kier molecular flexibility index (Phi) is 8.23. The van der Waals surface area contributed by atoms with Gasteiger partial charge >= 0.3 is 0 Å². The Labute approximate surface area is 181 Å². The highest BCUT2D eigenvalue weighted by Crippen LogP contribution is 2.11. The van der Waals surface area contributed by atoms with Crippen LogP contribution in [0.5, 0.6) is 0 Å². The van der Waals surface area contributed by atoms with Crippen molar-refractivity contribution in [2.45, 2.75) is 26.8 Å². The van der Waals surface area contributed by atoms with E-state index in [0.29, 0.717) is 27.9 Å². The van der Waals surface area contributed by atoms with Gasteiger partial charge in [0.1, 0.15) is 0 Å². The van der Waals surface area contributed by atoms with E-state index in [0.717, 1.165) is 11.4 Å². The van der Waals surface area contributed by atoms with Crippen LogP contribution in [0.3, 0.4) is 0 Å². The zero-order chi connectivity index (χ0) is 21.4. The van der Waals surface area contributed by atoms with E-state index in [-0.39, 0.29) is 17.6 Å². The van der Waals surface area contributed by atoms with Gasteiger partial charge in [0.15, 0.2) is 21.8 Å². The maximum absolute atomic E-state index is 11.3. The monoisotopic (exact) mass is 428 g/mol. The highest BCUT2D eigenvalue weighted by molar-refractivity contribution is 7.80. The van der Waals surface area contributed by atoms with Crippen LogP contribution in [0.25, 0.3) is 0 Å². The van der Waals surface area contributed by atoms with E-state index in [1.54, 1.807) is 24.3 Å². The van der Waals surface area contributed by atoms with Gasteiger partial charge in [0.25, 0.3) is 0 Å². The molecule has 0 aliphatic carbocycles. The van der Waals surface area contributed by atoms with Gasteiger partial charge in [-0.2, -0.15) is 0 Å². The minimum Gasteiger partial charge on any atom is -0.360 e. The Hall–Kier alpha value is -2.84. The van der Waals surface area contributed by atoms with Crippen LogP contribution < -0.4 is 21.3 Å². The number of rotatable bonds is 7. The van der Waals surface area contributed by atoms with Crippen molar-refractivity contribution in [3.05, 3.63) is 59.7 Å². The topological polar surface area (TPSA) is 82.3 Å². The summed E-state index contributed by atoms with van der Waals surface area (Å²) in [6.07, 6.45) is 0. The third-order valence-electron chi connectivity index (χ3n) is 4.04. The second-order valence-electron chi connectivity index (χ2n) is 6.60. The molecule has 0 unspecified atom stereocenters. The zero-order valence-electron chi connectivity index (χ0n) is 16.5. The molecule has 0 bridgehead atoms. The van der Waals surface area contributed by atoms with E-state index in [9.17, 15) is 9.59 Å². The molecule has 0 aliphatic heterocycles. The molecule has 2 aromatic rings. The van der Waals surface area contributed by atoms with Gasteiger partial charge in [-0.15, -0.1) is 0 Å². The molecule has 0 spiro atoms. The minimum absolute atomic E-state index is 0.0198. The van der Waals surface area contributed by atoms with Crippen molar-refractivity contribution < 1.29 is 9.59 Å². The average Bonchev–Trinajstić information content (AvgIpc) is 2.67. The largest absolute Gasteiger partial charge is 0.360 e. The van der Waals surface area contributed by atoms with E-state index in [1.807, 2.05) is 31.2 Å². The Balaban J connectivity index is 1.74. The highest BCUT2D eigenvalue weighted by Gasteiger charge is 2.07. The van der Waals surface area contributed by atoms with Crippen LogP contribution in [0, 0.1) is 0 Å². The van der Waals surface area contributed by atoms with Gasteiger partial charge in [0.05, 0.1) is 0 Å². The summed E-state index contributed by atoms with van der Waals surface area (Å²) in [7, 11) is 0. The lowest BCUT2D eigenvalue weighted by atomic mass is 10.1. The van der Waals surface area contributed by atoms with Crippen LogP contribution in [-0.2, 0) is 0 Å². The number of ketones is 2. The summed E-state index contributed by atoms with van der Waals surface area (Å²) in [5.41, 5.74) is 2.92. The lowest BCUT2D eigenvalue weighted by molar-refractivity contribution is 0.100. The summed E-state index contributed by atoms with van der Waals surface area (Å²) < 4.78 is 0. The van der Waals surface area contributed by atoms with Crippen molar-refractivity contribution in [3.8, 4) is 0 Å². The molecule has 152 valence electrons. The number of benzene rings is 2. The number of Topliss-reactive ketones (excluding diaryl/α,β-unsaturated/α-hetero) is 2. The molecule has 0 aliphatic rings. The number of hydrogen-bond acceptors (Lipinski definition) is 4. The Morgan fingerprint density at radius 2 is 1.21 bits per heavy atom. The highest BCUT2D eigenvalue weighted by atomic mass is 32.1. The van der Waals surface area contributed by atoms with Crippen molar-refractivity contribution in [2.75, 3.05) is 17.2 Å². The summed E-state index contributed by atoms with van der Waals surface area (Å²) in [4.78, 5) is 22.6. The first-order valence-electron chi connectivity index (χ1n) is 9.09. The van der Waals surface area contributed by atoms with Gasteiger partial charge in [-0.05, 0) is 93.7 Å². The minimum atomic E-state index is 0.0198. The predicted octanol–water partition coefficient (Wildman–Crippen LogP) is 3.75. The van der Waals surface area contributed by atoms with Crippen molar-refractivity contribution >= 4 is 57.6 Å². The number of carbonyl (C=O) groups excluding carboxylic acids is 2. The molecule has 2 aromatic carbocycles. The molecule has 0 fully saturated rings. The van der Waals surface area contributed by atoms with Crippen molar-refractivity contribution in [2.24, 2.45) is 0 Å². The van der Waals surface area contributed by atoms with Gasteiger partial charge in [-0.25, -0.2) is 0 Å². The quantitative estimate of drug-likeness (QED) is 0.392. The summed E-state index contributed by atoms with van der Waals surface area (Å²) in [5, 5.41) is 13.4. The number of carbonyl (C=O) groups is 2. The van der Waals surface area contributed by atoms with Crippen LogP contribution in [0.15, 0.2) is 48.5 Å². The predicted molar refractivity (Wildman–Crippen MR) is 126 cm³/mol. The molecular formula is C21H24N4O2S2. The molecule has 0 saturated carbocycles. The average molecular weight is 429 g/mol. The van der Waals surface area contributed by atoms with E-state index in [1.165, 1.54) is 13.8 Å². The lowest BCUT2D eigenvalue weighted by Crippen LogP contribution is -2.44. The molecule has 0 saturated heterocycles. The summed E-state index contributed by atoms with van der Waals surface area (Å²) in [6.45, 7) is 5.60. The summed E-state index contributed by atoms with van der Waals surface area (Å²) >= 11 is 10.6. The van der Waals surface area contributed by atoms with Crippen LogP contribution in [0.1, 0.15) is 41.5 Å². The molecule has 0 heterocycles. The first-order valence-corrected chi connectivity index (χ1v) is 9.90. The fourth-order valence-electron chi connectivity index (χ4n) is 2.44. The van der Waals surface area contributed by atoms with Crippen molar-refractivity contribution in [1.82, 2.24) is 10.6 Å². The molecule has 8 heteroatoms. The SMILES string of the molecule is CC(=O)c1ccc(NC(=S)NC[C@H](C)NC(=S)Nc2ccc(C(C)=O)cc2)cc1. The molecule has 0 amide bonds. The van der Waals surface area contributed by atoms with Crippen LogP contribution in [0.2, 0.25) is 0 Å². The molecule has 1 atom stereocenters. The normalized spacial score (nSPS) is 11.1. The Morgan fingerprint density at radius 1 is 0.793 bits per heavy atom. The molecule has 0 radical (unpaired) electrons. The fourth-order valence-corrected chi connectivity index (χ4v) is 2.96. The van der Waals surface area contributed by atoms with E-state index < -0.39 is 0 Å². The first-order chi connectivity index (χ1) is 13.7. The molecular weight excluding hydrogens is 404 g/mol. The molecule has 4 N–H and O–H groups in total. The van der Waals surface area contributed by atoms with Gasteiger partial charge in [0.2, 0.25) is 0 Å². The second kappa shape index (κ2) is 10.6. The third kappa shape index (κ3) is 7.59. The van der Waals surface area contributed by atoms with Gasteiger partial charge in [0, 0.05) is 35.1 Å². The lowest BCUT2D eigenvalue weighted by Gasteiger charge is -2.19. The summed E-state index contributed by atoms with van der Waals surface area (Å²) in [6, 6.07) is 14.3. The second-order valence-corrected chi connectivity index (χ2v) is 7.42. The van der Waals surface area contributed by atoms with E-state index >= 15 is 0 Å². The Bertz CT molecular complexity index is 896. The van der Waals surface area contributed by atoms with Crippen LogP contribution in [-0.4, -0.2) is 34.4 Å². The van der Waals surface area contributed by atoms with Crippen LogP contribution in [0.4, 0.5) is 11.4 Å². The number of nitrogens with one attached hydrogen (secondary N) is 4. The van der Waals surface area contributed by atoms with Crippen molar-refractivity contribution in [3.63, 3.8) is 0 Å². The maximum Gasteiger partial charge on any atom is 0.171 e. The molecule has 6 nitrogen and oxygen atoms in total. The maximum atomic E-state index is 11.3. The standard InChI is InChI=1S/C21H24N4O2S2/c1-13(23-21(29)25-19-10-6-17(7-11-19)15(3)27)12-22-20(28)24-18-8-4-16(5-9-18)14(2)26/h4-11,13H,12H2,1-3H3,(H2,22,24,28)(H2,23,25,29)/t13-/m0/s1. The molecule has 29 heavy (non-hydrogen) atoms. The zero-order valence-corrected chi connectivity index (χ0v) is 18.2. The van der Waals surface area contributed by atoms with E-state index in [2.05, 4.69) is 21.3 Å². The van der Waals surface area contributed by atoms with E-state index in [4.69, 9.17) is 24.4 Å². The number of hydrogen-bond donors (Lipinski definition) is 4. The number of thiocarbonyl (C=S) groups is 2. The third-order valence-corrected chi connectivity index (χ3v) is 4.51. The molecule has 0 aromatic heterocycles. The fraction of sp³-hybridized carbons (Fsp3) is 0.238. The smallest absolute Gasteiger partial charge is 0.171 e. The van der Waals surface area contributed by atoms with Crippen LogP contribution >= 0.6 is 24.4 Å². The van der Waals surface area contributed by atoms with Gasteiger partial charge < -0.3 is 21.3 Å². The summed E-state index contributed by atoms with van der Waals surface area (Å²) in [5.74, 6) is 0.0489. The molecule has 2 rings (SSSR count). The number of anilines is 2. The van der Waals surface area contributed by atoms with Gasteiger partial charge in [-0.1, -0.05) is 0 Å². The van der Waals surface area contributed by atoms with Crippen molar-refractivity contribution in [1.29, 1.82) is 0 Å². The van der Waals surface area contributed by atoms with Gasteiger partial charge in [-0.3, -0.25) is 9.59 Å². The first kappa shape index (κ1) is 22.4.